The van der Waals surface area contributed by atoms with Gasteiger partial charge in [-0.05, 0) is 45.7 Å². The van der Waals surface area contributed by atoms with Crippen LogP contribution in [0, 0.1) is 0 Å². The number of carbonyl (C=O) groups excluding carboxylic acids is 1. The van der Waals surface area contributed by atoms with Gasteiger partial charge >= 0.3 is 12.1 Å². The Labute approximate surface area is 146 Å². The predicted molar refractivity (Wildman–Crippen MR) is 94.0 cm³/mol. The highest BCUT2D eigenvalue weighted by Gasteiger charge is 2.18. The Morgan fingerprint density at radius 3 is 2.68 bits per heavy atom. The molecule has 0 aliphatic carbocycles. The van der Waals surface area contributed by atoms with Crippen molar-refractivity contribution in [2.24, 2.45) is 0 Å². The molecule has 7 heteroatoms. The van der Waals surface area contributed by atoms with E-state index < -0.39 is 24.3 Å². The van der Waals surface area contributed by atoms with Crippen LogP contribution in [0.15, 0.2) is 24.4 Å². The molecule has 1 aromatic carbocycles. The summed E-state index contributed by atoms with van der Waals surface area (Å²) in [5, 5.41) is 12.5. The van der Waals surface area contributed by atoms with Gasteiger partial charge in [-0.15, -0.1) is 0 Å². The number of carbonyl (C=O) groups is 2. The Bertz CT molecular complexity index is 760. The SMILES string of the molecule is C[C@H](Cc1c[nH]c2c(OCC(=O)O)cccc12)NC(=O)OC(C)(C)C. The third-order valence-corrected chi connectivity index (χ3v) is 3.40. The third-order valence-electron chi connectivity index (χ3n) is 3.40. The first-order valence-corrected chi connectivity index (χ1v) is 8.09. The van der Waals surface area contributed by atoms with Crippen LogP contribution in [0.5, 0.6) is 5.75 Å². The number of para-hydroxylation sites is 1. The highest BCUT2D eigenvalue weighted by molar-refractivity contribution is 5.88. The van der Waals surface area contributed by atoms with Crippen LogP contribution >= 0.6 is 0 Å². The molecule has 0 fully saturated rings. The Hall–Kier alpha value is -2.70. The van der Waals surface area contributed by atoms with E-state index in [9.17, 15) is 9.59 Å². The first-order valence-electron chi connectivity index (χ1n) is 8.09. The molecule has 0 bridgehead atoms. The van der Waals surface area contributed by atoms with Gasteiger partial charge < -0.3 is 24.9 Å². The summed E-state index contributed by atoms with van der Waals surface area (Å²) in [5.74, 6) is -0.544. The Kier molecular flexibility index (Phi) is 5.56. The summed E-state index contributed by atoms with van der Waals surface area (Å²) < 4.78 is 10.6. The number of fused-ring (bicyclic) bond motifs is 1. The van der Waals surface area contributed by atoms with Crippen molar-refractivity contribution < 1.29 is 24.2 Å². The summed E-state index contributed by atoms with van der Waals surface area (Å²) in [7, 11) is 0. The van der Waals surface area contributed by atoms with E-state index in [2.05, 4.69) is 10.3 Å². The van der Waals surface area contributed by atoms with Gasteiger partial charge in [-0.1, -0.05) is 12.1 Å². The lowest BCUT2D eigenvalue weighted by Crippen LogP contribution is -2.38. The number of hydrogen-bond donors (Lipinski definition) is 3. The third kappa shape index (κ3) is 5.41. The van der Waals surface area contributed by atoms with Crippen LogP contribution in [0.1, 0.15) is 33.3 Å². The van der Waals surface area contributed by atoms with Crippen LogP contribution in [0.2, 0.25) is 0 Å². The standard InChI is InChI=1S/C18H24N2O5/c1-11(20-17(23)25-18(2,3)4)8-12-9-19-16-13(12)6-5-7-14(16)24-10-15(21)22/h5-7,9,11,19H,8,10H2,1-4H3,(H,20,23)(H,21,22)/t11-/m1/s1. The second kappa shape index (κ2) is 7.46. The molecule has 3 N–H and O–H groups in total. The molecule has 25 heavy (non-hydrogen) atoms. The fourth-order valence-electron chi connectivity index (χ4n) is 2.50. The Morgan fingerprint density at radius 2 is 2.04 bits per heavy atom. The van der Waals surface area contributed by atoms with Gasteiger partial charge in [0.1, 0.15) is 11.4 Å². The molecule has 1 atom stereocenters. The average Bonchev–Trinajstić information content (AvgIpc) is 2.86. The normalized spacial score (nSPS) is 12.6. The van der Waals surface area contributed by atoms with Gasteiger partial charge in [0.15, 0.2) is 6.61 Å². The van der Waals surface area contributed by atoms with Gasteiger partial charge in [0.25, 0.3) is 0 Å². The van der Waals surface area contributed by atoms with Gasteiger partial charge in [-0.3, -0.25) is 0 Å². The first kappa shape index (κ1) is 18.6. The molecule has 0 saturated heterocycles. The van der Waals surface area contributed by atoms with Crippen LogP contribution in [-0.2, 0) is 16.0 Å². The largest absolute Gasteiger partial charge is 0.480 e. The van der Waals surface area contributed by atoms with Crippen LogP contribution in [0.25, 0.3) is 10.9 Å². The number of H-pyrrole nitrogens is 1. The van der Waals surface area contributed by atoms with Gasteiger partial charge in [0.2, 0.25) is 0 Å². The molecule has 0 unspecified atom stereocenters. The number of amides is 1. The fourth-order valence-corrected chi connectivity index (χ4v) is 2.50. The molecule has 136 valence electrons. The summed E-state index contributed by atoms with van der Waals surface area (Å²) in [6.07, 6.45) is 1.98. The maximum Gasteiger partial charge on any atom is 0.407 e. The minimum absolute atomic E-state index is 0.127. The van der Waals surface area contributed by atoms with E-state index in [4.69, 9.17) is 14.6 Å². The molecule has 0 radical (unpaired) electrons. The summed E-state index contributed by atoms with van der Waals surface area (Å²) in [5.41, 5.74) is 1.20. The van der Waals surface area contributed by atoms with E-state index in [-0.39, 0.29) is 6.04 Å². The number of nitrogens with one attached hydrogen (secondary N) is 2. The molecular formula is C18H24N2O5. The summed E-state index contributed by atoms with van der Waals surface area (Å²) in [6, 6.07) is 5.32. The van der Waals surface area contributed by atoms with Crippen molar-refractivity contribution in [1.82, 2.24) is 10.3 Å². The number of aromatic amines is 1. The molecule has 0 aliphatic heterocycles. The van der Waals surface area contributed by atoms with Crippen LogP contribution < -0.4 is 10.1 Å². The number of alkyl carbamates (subject to hydrolysis) is 1. The van der Waals surface area contributed by atoms with E-state index in [1.807, 2.05) is 46.0 Å². The molecule has 0 saturated carbocycles. The highest BCUT2D eigenvalue weighted by atomic mass is 16.6. The second-order valence-corrected chi connectivity index (χ2v) is 6.93. The number of carboxylic acid groups (broad SMARTS) is 1. The van der Waals surface area contributed by atoms with E-state index in [1.165, 1.54) is 0 Å². The van der Waals surface area contributed by atoms with Crippen LogP contribution in [0.3, 0.4) is 0 Å². The minimum Gasteiger partial charge on any atom is -0.480 e. The number of aromatic nitrogens is 1. The van der Waals surface area contributed by atoms with E-state index in [0.29, 0.717) is 12.2 Å². The number of carboxylic acids is 1. The summed E-state index contributed by atoms with van der Waals surface area (Å²) >= 11 is 0. The zero-order chi connectivity index (χ0) is 18.6. The van der Waals surface area contributed by atoms with E-state index in [0.717, 1.165) is 16.5 Å². The number of hydrogen-bond acceptors (Lipinski definition) is 4. The maximum atomic E-state index is 11.8. The van der Waals surface area contributed by atoms with E-state index in [1.54, 1.807) is 6.07 Å². The van der Waals surface area contributed by atoms with Crippen molar-refractivity contribution in [2.45, 2.75) is 45.8 Å². The number of aliphatic carboxylic acids is 1. The van der Waals surface area contributed by atoms with Gasteiger partial charge in [0.05, 0.1) is 5.52 Å². The van der Waals surface area contributed by atoms with Crippen LogP contribution in [0.4, 0.5) is 4.79 Å². The van der Waals surface area contributed by atoms with Crippen molar-refractivity contribution in [3.63, 3.8) is 0 Å². The lowest BCUT2D eigenvalue weighted by Gasteiger charge is -2.21. The van der Waals surface area contributed by atoms with Gasteiger partial charge in [0, 0.05) is 17.6 Å². The van der Waals surface area contributed by atoms with Crippen molar-refractivity contribution in [3.05, 3.63) is 30.0 Å². The highest BCUT2D eigenvalue weighted by Crippen LogP contribution is 2.28. The molecular weight excluding hydrogens is 324 g/mol. The first-order chi connectivity index (χ1) is 11.7. The molecule has 1 amide bonds. The quantitative estimate of drug-likeness (QED) is 0.745. The monoisotopic (exact) mass is 348 g/mol. The van der Waals surface area contributed by atoms with Gasteiger partial charge in [-0.2, -0.15) is 0 Å². The molecule has 0 aliphatic rings. The summed E-state index contributed by atoms with van der Waals surface area (Å²) in [4.78, 5) is 25.6. The topological polar surface area (TPSA) is 101 Å². The van der Waals surface area contributed by atoms with Crippen molar-refractivity contribution in [1.29, 1.82) is 0 Å². The van der Waals surface area contributed by atoms with E-state index >= 15 is 0 Å². The zero-order valence-corrected chi connectivity index (χ0v) is 14.9. The molecule has 1 aromatic heterocycles. The predicted octanol–water partition coefficient (Wildman–Crippen LogP) is 3.09. The molecule has 1 heterocycles. The fraction of sp³-hybridized carbons (Fsp3) is 0.444. The molecule has 0 spiro atoms. The van der Waals surface area contributed by atoms with Gasteiger partial charge in [-0.25, -0.2) is 9.59 Å². The number of rotatable bonds is 6. The number of benzene rings is 1. The summed E-state index contributed by atoms with van der Waals surface area (Å²) in [6.45, 7) is 6.94. The molecule has 2 aromatic rings. The lowest BCUT2D eigenvalue weighted by atomic mass is 10.1. The Balaban J connectivity index is 2.07. The zero-order valence-electron chi connectivity index (χ0n) is 14.9. The second-order valence-electron chi connectivity index (χ2n) is 6.93. The van der Waals surface area contributed by atoms with Crippen molar-refractivity contribution >= 4 is 23.0 Å². The molecule has 2 rings (SSSR count). The van der Waals surface area contributed by atoms with Crippen molar-refractivity contribution in [2.75, 3.05) is 6.61 Å². The average molecular weight is 348 g/mol. The lowest BCUT2D eigenvalue weighted by molar-refractivity contribution is -0.139. The maximum absolute atomic E-state index is 11.8. The Morgan fingerprint density at radius 1 is 1.32 bits per heavy atom. The minimum atomic E-state index is -1.03. The van der Waals surface area contributed by atoms with Crippen molar-refractivity contribution in [3.8, 4) is 5.75 Å². The molecule has 7 nitrogen and oxygen atoms in total. The number of ether oxygens (including phenoxy) is 2. The van der Waals surface area contributed by atoms with Crippen LogP contribution in [-0.4, -0.2) is 40.4 Å². The smallest absolute Gasteiger partial charge is 0.407 e.